The van der Waals surface area contributed by atoms with Crippen molar-refractivity contribution in [2.45, 2.75) is 6.92 Å². The lowest BCUT2D eigenvalue weighted by Gasteiger charge is -2.11. The number of nitrogens with two attached hydrogens (primary N) is 1. The van der Waals surface area contributed by atoms with Crippen LogP contribution in [0.5, 0.6) is 5.75 Å². The third-order valence-electron chi connectivity index (χ3n) is 3.88. The summed E-state index contributed by atoms with van der Waals surface area (Å²) in [6.45, 7) is 2.41. The van der Waals surface area contributed by atoms with Crippen LogP contribution < -0.4 is 10.5 Å². The smallest absolute Gasteiger partial charge is 0.367 e. The monoisotopic (exact) mass is 434 g/mol. The number of thiazole rings is 1. The molecule has 9 nitrogen and oxygen atoms in total. The number of anilines is 1. The van der Waals surface area contributed by atoms with Gasteiger partial charge in [-0.1, -0.05) is 5.16 Å². The van der Waals surface area contributed by atoms with Crippen LogP contribution >= 0.6 is 11.3 Å². The Balaban J connectivity index is 1.79. The molecule has 11 heteroatoms. The molecular weight excluding hydrogens is 415 g/mol. The summed E-state index contributed by atoms with van der Waals surface area (Å²) < 4.78 is 34.6. The zero-order valence-electron chi connectivity index (χ0n) is 16.2. The number of nitrogen functional groups attached to an aromatic ring is 1. The van der Waals surface area contributed by atoms with E-state index in [1.165, 1.54) is 25.4 Å². The van der Waals surface area contributed by atoms with Crippen molar-refractivity contribution in [3.63, 3.8) is 0 Å². The Kier molecular flexibility index (Phi) is 6.75. The van der Waals surface area contributed by atoms with E-state index < -0.39 is 11.8 Å². The fourth-order valence-electron chi connectivity index (χ4n) is 2.45. The lowest BCUT2D eigenvalue weighted by Crippen LogP contribution is -2.09. The summed E-state index contributed by atoms with van der Waals surface area (Å²) >= 11 is 1.08. The minimum atomic E-state index is -0.665. The molecule has 0 unspecified atom stereocenters. The summed E-state index contributed by atoms with van der Waals surface area (Å²) in [6, 6.07) is 3.90. The van der Waals surface area contributed by atoms with Crippen LogP contribution in [0.2, 0.25) is 0 Å². The maximum absolute atomic E-state index is 14.3. The first-order valence-electron chi connectivity index (χ1n) is 8.84. The Morgan fingerprint density at radius 1 is 1.33 bits per heavy atom. The number of ether oxygens (including phenoxy) is 3. The maximum atomic E-state index is 14.3. The molecule has 158 valence electrons. The molecule has 0 bridgehead atoms. The summed E-state index contributed by atoms with van der Waals surface area (Å²) in [5.41, 5.74) is 6.48. The second-order valence-electron chi connectivity index (χ2n) is 5.91. The SMILES string of the molecule is CCOC(=O)c1ncc(-c2cc(C(=N)c3cc(F)c(OCCOC)cc3N)on2)s1. The van der Waals surface area contributed by atoms with Gasteiger partial charge < -0.3 is 24.5 Å². The predicted molar refractivity (Wildman–Crippen MR) is 108 cm³/mol. The third-order valence-corrected chi connectivity index (χ3v) is 4.88. The van der Waals surface area contributed by atoms with E-state index in [1.54, 1.807) is 6.92 Å². The lowest BCUT2D eigenvalue weighted by molar-refractivity contribution is 0.0526. The quantitative estimate of drug-likeness (QED) is 0.227. The second kappa shape index (κ2) is 9.46. The van der Waals surface area contributed by atoms with Crippen molar-refractivity contribution in [2.75, 3.05) is 32.7 Å². The van der Waals surface area contributed by atoms with Gasteiger partial charge in [0.25, 0.3) is 0 Å². The zero-order chi connectivity index (χ0) is 21.7. The average Bonchev–Trinajstić information content (AvgIpc) is 3.39. The number of rotatable bonds is 9. The highest BCUT2D eigenvalue weighted by molar-refractivity contribution is 7.16. The number of carbonyl (C=O) groups is 1. The number of aromatic nitrogens is 2. The van der Waals surface area contributed by atoms with Crippen molar-refractivity contribution in [3.05, 3.63) is 46.5 Å². The highest BCUT2D eigenvalue weighted by Crippen LogP contribution is 2.29. The van der Waals surface area contributed by atoms with E-state index in [0.29, 0.717) is 17.2 Å². The normalized spacial score (nSPS) is 10.8. The molecule has 0 spiro atoms. The molecule has 0 aliphatic heterocycles. The molecule has 0 radical (unpaired) electrons. The van der Waals surface area contributed by atoms with Gasteiger partial charge in [-0.25, -0.2) is 14.2 Å². The van der Waals surface area contributed by atoms with E-state index >= 15 is 0 Å². The molecule has 0 saturated heterocycles. The Hall–Kier alpha value is -3.31. The van der Waals surface area contributed by atoms with E-state index in [2.05, 4.69) is 10.1 Å². The van der Waals surface area contributed by atoms with Crippen LogP contribution in [-0.4, -0.2) is 48.8 Å². The molecule has 3 aromatic rings. The summed E-state index contributed by atoms with van der Waals surface area (Å²) in [7, 11) is 1.51. The van der Waals surface area contributed by atoms with E-state index in [-0.39, 0.29) is 46.7 Å². The fourth-order valence-corrected chi connectivity index (χ4v) is 3.21. The number of hydrogen-bond acceptors (Lipinski definition) is 10. The summed E-state index contributed by atoms with van der Waals surface area (Å²) in [5, 5.41) is 12.4. The van der Waals surface area contributed by atoms with Gasteiger partial charge in [-0.2, -0.15) is 0 Å². The molecule has 3 N–H and O–H groups in total. The molecule has 0 aliphatic carbocycles. The van der Waals surface area contributed by atoms with Gasteiger partial charge in [-0.05, 0) is 13.0 Å². The van der Waals surface area contributed by atoms with Crippen LogP contribution in [0.25, 0.3) is 10.6 Å². The van der Waals surface area contributed by atoms with E-state index in [9.17, 15) is 9.18 Å². The van der Waals surface area contributed by atoms with Crippen LogP contribution in [0, 0.1) is 11.2 Å². The molecule has 0 saturated carbocycles. The molecule has 0 amide bonds. The highest BCUT2D eigenvalue weighted by atomic mass is 32.1. The fraction of sp³-hybridized carbons (Fsp3) is 0.263. The number of carbonyl (C=O) groups excluding carboxylic acids is 1. The van der Waals surface area contributed by atoms with E-state index in [0.717, 1.165) is 17.4 Å². The number of hydrogen-bond donors (Lipinski definition) is 2. The first kappa shape index (κ1) is 21.4. The van der Waals surface area contributed by atoms with Gasteiger partial charge in [0.1, 0.15) is 18.0 Å². The summed E-state index contributed by atoms with van der Waals surface area (Å²) in [5.74, 6) is -1.15. The number of methoxy groups -OCH3 is 1. The van der Waals surface area contributed by atoms with Gasteiger partial charge >= 0.3 is 5.97 Å². The molecule has 2 heterocycles. The van der Waals surface area contributed by atoms with Crippen molar-refractivity contribution >= 4 is 28.7 Å². The summed E-state index contributed by atoms with van der Waals surface area (Å²) in [4.78, 5) is 16.3. The number of nitrogens with zero attached hydrogens (tertiary/aromatic N) is 2. The van der Waals surface area contributed by atoms with Crippen LogP contribution in [0.15, 0.2) is 28.9 Å². The van der Waals surface area contributed by atoms with Gasteiger partial charge in [-0.3, -0.25) is 5.41 Å². The minimum absolute atomic E-state index is 0.0319. The Morgan fingerprint density at radius 2 is 2.13 bits per heavy atom. The first-order chi connectivity index (χ1) is 14.4. The molecular formula is C19H19FN4O5S. The van der Waals surface area contributed by atoms with Gasteiger partial charge in [0.05, 0.1) is 18.1 Å². The topological polar surface area (TPSA) is 134 Å². The van der Waals surface area contributed by atoms with Gasteiger partial charge in [0, 0.05) is 36.7 Å². The molecule has 0 aliphatic rings. The van der Waals surface area contributed by atoms with Crippen molar-refractivity contribution < 1.29 is 27.9 Å². The average molecular weight is 434 g/mol. The van der Waals surface area contributed by atoms with Crippen LogP contribution in [0.3, 0.4) is 0 Å². The van der Waals surface area contributed by atoms with Crippen LogP contribution in [-0.2, 0) is 9.47 Å². The van der Waals surface area contributed by atoms with Crippen molar-refractivity contribution in [3.8, 4) is 16.3 Å². The second-order valence-corrected chi connectivity index (χ2v) is 6.94. The summed E-state index contributed by atoms with van der Waals surface area (Å²) in [6.07, 6.45) is 1.46. The Bertz CT molecular complexity index is 1070. The lowest BCUT2D eigenvalue weighted by atomic mass is 10.0. The van der Waals surface area contributed by atoms with Crippen molar-refractivity contribution in [1.29, 1.82) is 5.41 Å². The van der Waals surface area contributed by atoms with Crippen molar-refractivity contribution in [2.24, 2.45) is 0 Å². The maximum Gasteiger partial charge on any atom is 0.367 e. The molecule has 3 rings (SSSR count). The van der Waals surface area contributed by atoms with E-state index in [1.807, 2.05) is 0 Å². The van der Waals surface area contributed by atoms with Crippen LogP contribution in [0.4, 0.5) is 10.1 Å². The van der Waals surface area contributed by atoms with Gasteiger partial charge in [-0.15, -0.1) is 11.3 Å². The van der Waals surface area contributed by atoms with E-state index in [4.69, 9.17) is 29.9 Å². The number of halogens is 1. The Morgan fingerprint density at radius 3 is 2.87 bits per heavy atom. The molecule has 2 aromatic heterocycles. The van der Waals surface area contributed by atoms with Gasteiger partial charge in [0.15, 0.2) is 17.3 Å². The minimum Gasteiger partial charge on any atom is -0.488 e. The molecule has 0 atom stereocenters. The molecule has 1 aromatic carbocycles. The molecule has 30 heavy (non-hydrogen) atoms. The Labute approximate surface area is 175 Å². The van der Waals surface area contributed by atoms with Gasteiger partial charge in [0.2, 0.25) is 5.01 Å². The van der Waals surface area contributed by atoms with Crippen molar-refractivity contribution in [1.82, 2.24) is 10.1 Å². The number of nitrogens with one attached hydrogen (secondary N) is 1. The zero-order valence-corrected chi connectivity index (χ0v) is 17.0. The third kappa shape index (κ3) is 4.63. The standard InChI is InChI=1S/C19H19FN4O5S/c1-3-27-19(25)18-23-9-16(30-18)13-8-15(29-24-13)17(22)10-6-11(20)14(7-12(10)21)28-5-4-26-2/h6-9,22H,3-5,21H2,1-2H3. The molecule has 0 fully saturated rings. The predicted octanol–water partition coefficient (Wildman–Crippen LogP) is 3.14. The van der Waals surface area contributed by atoms with Crippen LogP contribution in [0.1, 0.15) is 28.0 Å². The first-order valence-corrected chi connectivity index (χ1v) is 9.66. The highest BCUT2D eigenvalue weighted by Gasteiger charge is 2.20. The number of benzene rings is 1. The largest absolute Gasteiger partial charge is 0.488 e. The number of esters is 1.